The van der Waals surface area contributed by atoms with Gasteiger partial charge in [0.25, 0.3) is 0 Å². The Morgan fingerprint density at radius 3 is 2.71 bits per heavy atom. The number of rotatable bonds is 5. The fourth-order valence-corrected chi connectivity index (χ4v) is 6.12. The number of carbonyl (C=O) groups is 1. The second-order valence-corrected chi connectivity index (χ2v) is 10.5. The van der Waals surface area contributed by atoms with Gasteiger partial charge >= 0.3 is 0 Å². The molecular weight excluding hydrogens is 476 g/mol. The molecule has 3 heterocycles. The van der Waals surface area contributed by atoms with Gasteiger partial charge in [-0.15, -0.1) is 0 Å². The van der Waals surface area contributed by atoms with Crippen LogP contribution in [0.4, 0.5) is 5.69 Å². The number of fused-ring (bicyclic) bond motifs is 1. The van der Waals surface area contributed by atoms with Gasteiger partial charge in [-0.05, 0) is 86.1 Å². The molecule has 7 heteroatoms. The fourth-order valence-electron chi connectivity index (χ4n) is 6.12. The topological polar surface area (TPSA) is 59.8 Å². The van der Waals surface area contributed by atoms with Gasteiger partial charge in [-0.25, -0.2) is 4.98 Å². The van der Waals surface area contributed by atoms with E-state index < -0.39 is 0 Å². The Hall–Kier alpha value is -3.58. The summed E-state index contributed by atoms with van der Waals surface area (Å²) in [7, 11) is 1.68. The van der Waals surface area contributed by atoms with Crippen molar-refractivity contribution >= 4 is 17.7 Å². The number of morpholine rings is 1. The van der Waals surface area contributed by atoms with Gasteiger partial charge in [0.1, 0.15) is 5.75 Å². The summed E-state index contributed by atoms with van der Waals surface area (Å²) in [6.45, 7) is 6.16. The predicted molar refractivity (Wildman–Crippen MR) is 149 cm³/mol. The molecule has 0 unspecified atom stereocenters. The summed E-state index contributed by atoms with van der Waals surface area (Å²) in [4.78, 5) is 22.7. The van der Waals surface area contributed by atoms with Crippen LogP contribution in [0.15, 0.2) is 54.5 Å². The highest BCUT2D eigenvalue weighted by Gasteiger charge is 2.33. The summed E-state index contributed by atoms with van der Waals surface area (Å²) in [6.07, 6.45) is 10.8. The van der Waals surface area contributed by atoms with Crippen LogP contribution in [-0.4, -0.2) is 60.3 Å². The van der Waals surface area contributed by atoms with Crippen molar-refractivity contribution in [2.45, 2.75) is 45.1 Å². The normalized spacial score (nSPS) is 21.1. The quantitative estimate of drug-likeness (QED) is 0.445. The van der Waals surface area contributed by atoms with Crippen molar-refractivity contribution in [3.63, 3.8) is 0 Å². The highest BCUT2D eigenvalue weighted by atomic mass is 16.5. The van der Waals surface area contributed by atoms with Crippen LogP contribution in [0.5, 0.6) is 5.75 Å². The molecule has 198 valence electrons. The molecule has 0 bridgehead atoms. The lowest BCUT2D eigenvalue weighted by molar-refractivity contribution is -0.131. The molecule has 3 aromatic rings. The first-order valence-corrected chi connectivity index (χ1v) is 13.8. The van der Waals surface area contributed by atoms with Crippen LogP contribution in [0, 0.1) is 6.92 Å². The average molecular weight is 513 g/mol. The number of nitrogens with zero attached hydrogens (tertiary/aromatic N) is 4. The zero-order valence-corrected chi connectivity index (χ0v) is 22.4. The Bertz CT molecular complexity index is 1350. The van der Waals surface area contributed by atoms with E-state index in [2.05, 4.69) is 39.0 Å². The number of ether oxygens (including phenoxy) is 2. The minimum absolute atomic E-state index is 0.136. The van der Waals surface area contributed by atoms with E-state index in [0.29, 0.717) is 0 Å². The molecule has 2 saturated heterocycles. The predicted octanol–water partition coefficient (Wildman–Crippen LogP) is 5.11. The van der Waals surface area contributed by atoms with Crippen LogP contribution in [0.1, 0.15) is 54.1 Å². The largest absolute Gasteiger partial charge is 0.495 e. The second-order valence-electron chi connectivity index (χ2n) is 10.5. The maximum atomic E-state index is 13.9. The number of methoxy groups -OCH3 is 1. The Kier molecular flexibility index (Phi) is 6.94. The smallest absolute Gasteiger partial charge is 0.250 e. The molecule has 2 fully saturated rings. The lowest BCUT2D eigenvalue weighted by Gasteiger charge is -2.39. The molecule has 0 N–H and O–H groups in total. The van der Waals surface area contributed by atoms with Crippen molar-refractivity contribution in [3.05, 3.63) is 76.9 Å². The minimum atomic E-state index is 0.136. The fraction of sp³-hybridized carbons (Fsp3) is 0.419. The van der Waals surface area contributed by atoms with E-state index in [-0.39, 0.29) is 11.9 Å². The highest BCUT2D eigenvalue weighted by Crippen LogP contribution is 2.39. The van der Waals surface area contributed by atoms with Crippen molar-refractivity contribution in [1.82, 2.24) is 14.5 Å². The van der Waals surface area contributed by atoms with E-state index in [0.717, 1.165) is 93.2 Å². The first kappa shape index (κ1) is 24.7. The third-order valence-electron chi connectivity index (χ3n) is 8.08. The van der Waals surface area contributed by atoms with Gasteiger partial charge in [-0.3, -0.25) is 4.79 Å². The molecule has 1 amide bonds. The van der Waals surface area contributed by atoms with Crippen molar-refractivity contribution in [1.29, 1.82) is 0 Å². The number of aromatic nitrogens is 2. The minimum Gasteiger partial charge on any atom is -0.495 e. The number of hydrogen-bond donors (Lipinski definition) is 0. The van der Waals surface area contributed by atoms with Gasteiger partial charge in [0.05, 0.1) is 44.1 Å². The van der Waals surface area contributed by atoms with Crippen molar-refractivity contribution in [3.8, 4) is 11.4 Å². The van der Waals surface area contributed by atoms with Crippen LogP contribution in [0.3, 0.4) is 0 Å². The monoisotopic (exact) mass is 512 g/mol. The standard InChI is InChI=1S/C31H36N4O3/c1-22-20-34(21-32-22)29-11-8-23(18-30(29)37-2)17-25-6-4-12-35(31(25)36)28-7-3-5-24-9-10-26(19-27(24)28)33-13-15-38-16-14-33/h8-11,17-21,28H,3-7,12-16H2,1-2H3/t28-/m1/s1. The molecule has 1 aliphatic carbocycles. The van der Waals surface area contributed by atoms with Gasteiger partial charge in [-0.2, -0.15) is 0 Å². The molecule has 2 aliphatic heterocycles. The van der Waals surface area contributed by atoms with E-state index in [4.69, 9.17) is 9.47 Å². The van der Waals surface area contributed by atoms with Gasteiger partial charge < -0.3 is 23.8 Å². The number of likely N-dealkylation sites (tertiary alicyclic amines) is 1. The Labute approximate surface area is 224 Å². The van der Waals surface area contributed by atoms with Gasteiger partial charge in [0.2, 0.25) is 5.91 Å². The van der Waals surface area contributed by atoms with Crippen LogP contribution in [0.25, 0.3) is 11.8 Å². The number of anilines is 1. The Morgan fingerprint density at radius 2 is 1.92 bits per heavy atom. The number of imidazole rings is 1. The molecular formula is C31H36N4O3. The summed E-state index contributed by atoms with van der Waals surface area (Å²) >= 11 is 0. The summed E-state index contributed by atoms with van der Waals surface area (Å²) in [6, 6.07) is 13.1. The van der Waals surface area contributed by atoms with Gasteiger partial charge in [0, 0.05) is 37.1 Å². The first-order chi connectivity index (χ1) is 18.6. The number of amides is 1. The molecule has 1 atom stereocenters. The van der Waals surface area contributed by atoms with Crippen molar-refractivity contribution in [2.75, 3.05) is 44.9 Å². The summed E-state index contributed by atoms with van der Waals surface area (Å²) < 4.78 is 13.2. The summed E-state index contributed by atoms with van der Waals surface area (Å²) in [5, 5.41) is 0. The number of benzene rings is 2. The zero-order valence-electron chi connectivity index (χ0n) is 22.4. The van der Waals surface area contributed by atoms with Crippen LogP contribution in [0.2, 0.25) is 0 Å². The Balaban J connectivity index is 1.27. The third-order valence-corrected chi connectivity index (χ3v) is 8.08. The maximum absolute atomic E-state index is 13.9. The van der Waals surface area contributed by atoms with E-state index >= 15 is 0 Å². The zero-order chi connectivity index (χ0) is 26.1. The average Bonchev–Trinajstić information content (AvgIpc) is 3.40. The van der Waals surface area contributed by atoms with E-state index in [1.165, 1.54) is 16.8 Å². The third kappa shape index (κ3) is 4.83. The lowest BCUT2D eigenvalue weighted by Crippen LogP contribution is -2.41. The van der Waals surface area contributed by atoms with Crippen LogP contribution in [-0.2, 0) is 16.0 Å². The summed E-state index contributed by atoms with van der Waals surface area (Å²) in [5.41, 5.74) is 7.70. The van der Waals surface area contributed by atoms with E-state index in [9.17, 15) is 4.79 Å². The van der Waals surface area contributed by atoms with Gasteiger partial charge in [0.15, 0.2) is 0 Å². The van der Waals surface area contributed by atoms with E-state index in [1.807, 2.05) is 35.9 Å². The first-order valence-electron chi connectivity index (χ1n) is 13.8. The highest BCUT2D eigenvalue weighted by molar-refractivity contribution is 5.99. The molecule has 0 radical (unpaired) electrons. The van der Waals surface area contributed by atoms with Crippen LogP contribution >= 0.6 is 0 Å². The molecule has 0 spiro atoms. The van der Waals surface area contributed by atoms with Gasteiger partial charge in [-0.1, -0.05) is 12.1 Å². The van der Waals surface area contributed by atoms with Crippen molar-refractivity contribution < 1.29 is 14.3 Å². The summed E-state index contributed by atoms with van der Waals surface area (Å²) in [5.74, 6) is 0.924. The molecule has 1 aromatic heterocycles. The number of aryl methyl sites for hydroxylation is 2. The van der Waals surface area contributed by atoms with E-state index in [1.54, 1.807) is 13.4 Å². The maximum Gasteiger partial charge on any atom is 0.250 e. The van der Waals surface area contributed by atoms with Crippen molar-refractivity contribution in [2.24, 2.45) is 0 Å². The molecule has 2 aromatic carbocycles. The number of carbonyl (C=O) groups excluding carboxylic acids is 1. The molecule has 38 heavy (non-hydrogen) atoms. The van der Waals surface area contributed by atoms with Crippen LogP contribution < -0.4 is 9.64 Å². The second kappa shape index (κ2) is 10.7. The number of hydrogen-bond acceptors (Lipinski definition) is 5. The molecule has 6 rings (SSSR count). The number of piperidine rings is 1. The molecule has 3 aliphatic rings. The molecule has 7 nitrogen and oxygen atoms in total. The molecule has 0 saturated carbocycles. The Morgan fingerprint density at radius 1 is 1.05 bits per heavy atom. The SMILES string of the molecule is COc1cc(C=C2CCCN([C@@H]3CCCc4ccc(N5CCOCC5)cc43)C2=O)ccc1-n1cnc(C)c1. The lowest BCUT2D eigenvalue weighted by atomic mass is 9.85.